The fourth-order valence-electron chi connectivity index (χ4n) is 1.02. The molecule has 0 saturated carbocycles. The molecule has 0 aromatic carbocycles. The lowest BCUT2D eigenvalue weighted by atomic mass is 10.3. The van der Waals surface area contributed by atoms with Gasteiger partial charge in [0.1, 0.15) is 0 Å². The molecule has 0 amide bonds. The van der Waals surface area contributed by atoms with Gasteiger partial charge in [0.2, 0.25) is 0 Å². The first-order valence-corrected chi connectivity index (χ1v) is 8.85. The molecule has 1 heterocycles. The Morgan fingerprint density at radius 1 is 1.00 bits per heavy atom. The minimum atomic E-state index is -6.72. The average molecular weight is 414 g/mol. The fraction of sp³-hybridized carbons (Fsp3) is 0.364. The predicted molar refractivity (Wildman–Crippen MR) is 74.9 cm³/mol. The van der Waals surface area contributed by atoms with Crippen LogP contribution in [0.1, 0.15) is 5.56 Å². The van der Waals surface area contributed by atoms with Crippen LogP contribution in [-0.4, -0.2) is 27.9 Å². The number of alkyl halides is 6. The lowest BCUT2D eigenvalue weighted by Gasteiger charge is -2.22. The second kappa shape index (κ2) is 8.14. The third kappa shape index (κ3) is 7.39. The summed E-state index contributed by atoms with van der Waals surface area (Å²) in [5.41, 5.74) is -11.1. The number of rotatable bonds is 4. The van der Waals surface area contributed by atoms with Crippen LogP contribution in [0.25, 0.3) is 4.13 Å². The average Bonchev–Trinajstić information content (AvgIpc) is 2.38. The van der Waals surface area contributed by atoms with E-state index in [1.807, 2.05) is 6.08 Å². The van der Waals surface area contributed by atoms with Crippen molar-refractivity contribution in [2.75, 3.05) is 0 Å². The Labute approximate surface area is 139 Å². The van der Waals surface area contributed by atoms with Crippen molar-refractivity contribution < 1.29 is 47.7 Å². The van der Waals surface area contributed by atoms with Crippen molar-refractivity contribution in [1.82, 2.24) is 0 Å². The third-order valence-electron chi connectivity index (χ3n) is 2.18. The molecule has 0 radical (unpaired) electrons. The zero-order valence-corrected chi connectivity index (χ0v) is 14.0. The van der Waals surface area contributed by atoms with Crippen LogP contribution in [0.5, 0.6) is 0 Å². The zero-order chi connectivity index (χ0) is 20.1. The van der Waals surface area contributed by atoms with E-state index >= 15 is 0 Å². The standard InChI is InChI=1S/C9H12N.C2F6NO4S2/c1-3-6-10-7-4-9(2)5-8-10;3-1(4,5)14(10,11)9-15(12,13)2(6,7)8/h3-5,7-8H,1,6H2,2H3;/q+1;-1. The summed E-state index contributed by atoms with van der Waals surface area (Å²) < 4.78 is 111. The first-order valence-electron chi connectivity index (χ1n) is 5.97. The highest BCUT2D eigenvalue weighted by Gasteiger charge is 2.46. The van der Waals surface area contributed by atoms with Crippen LogP contribution >= 0.6 is 0 Å². The van der Waals surface area contributed by atoms with E-state index in [0.717, 1.165) is 10.7 Å². The maximum absolute atomic E-state index is 11.4. The number of halogens is 6. The number of hydrogen-bond donors (Lipinski definition) is 0. The van der Waals surface area contributed by atoms with Gasteiger partial charge in [-0.3, -0.25) is 0 Å². The second-order valence-corrected chi connectivity index (χ2v) is 7.70. The Morgan fingerprint density at radius 2 is 1.36 bits per heavy atom. The van der Waals surface area contributed by atoms with Gasteiger partial charge >= 0.3 is 11.0 Å². The smallest absolute Gasteiger partial charge is 0.421 e. The molecule has 144 valence electrons. The Balaban J connectivity index is 0.000000496. The van der Waals surface area contributed by atoms with Crippen molar-refractivity contribution in [3.8, 4) is 0 Å². The molecule has 6 nitrogen and oxygen atoms in total. The first kappa shape index (κ1) is 23.3. The molecular weight excluding hydrogens is 402 g/mol. The molecule has 1 rings (SSSR count). The minimum Gasteiger partial charge on any atom is -0.421 e. The lowest BCUT2D eigenvalue weighted by molar-refractivity contribution is -0.687. The van der Waals surface area contributed by atoms with Gasteiger partial charge in [-0.1, -0.05) is 6.58 Å². The van der Waals surface area contributed by atoms with Crippen molar-refractivity contribution in [3.05, 3.63) is 46.9 Å². The molecule has 1 aromatic rings. The van der Waals surface area contributed by atoms with Gasteiger partial charge in [0.15, 0.2) is 39.0 Å². The van der Waals surface area contributed by atoms with Crippen LogP contribution in [0.3, 0.4) is 0 Å². The van der Waals surface area contributed by atoms with E-state index in [1.165, 1.54) is 5.56 Å². The Kier molecular flexibility index (Phi) is 7.60. The molecule has 0 N–H and O–H groups in total. The molecular formula is C11H12F6N2O4S2. The van der Waals surface area contributed by atoms with E-state index in [-0.39, 0.29) is 0 Å². The van der Waals surface area contributed by atoms with Crippen LogP contribution in [0, 0.1) is 6.92 Å². The van der Waals surface area contributed by atoms with Crippen molar-refractivity contribution in [2.24, 2.45) is 0 Å². The number of allylic oxidation sites excluding steroid dienone is 1. The van der Waals surface area contributed by atoms with Gasteiger partial charge < -0.3 is 4.13 Å². The summed E-state index contributed by atoms with van der Waals surface area (Å²) in [4.78, 5) is 0. The number of sulfonamides is 2. The van der Waals surface area contributed by atoms with E-state index in [1.54, 1.807) is 0 Å². The molecule has 25 heavy (non-hydrogen) atoms. The molecule has 0 aliphatic rings. The van der Waals surface area contributed by atoms with Crippen molar-refractivity contribution in [3.63, 3.8) is 0 Å². The SMILES string of the molecule is C=CC[n+]1ccc(C)cc1.O=S(=O)([N-]S(=O)(=O)C(F)(F)F)C(F)(F)F. The molecule has 14 heteroatoms. The molecule has 0 bridgehead atoms. The second-order valence-electron chi connectivity index (χ2n) is 4.28. The van der Waals surface area contributed by atoms with E-state index in [9.17, 15) is 43.2 Å². The topological polar surface area (TPSA) is 86.3 Å². The number of nitrogens with zero attached hydrogens (tertiary/aromatic N) is 2. The van der Waals surface area contributed by atoms with Crippen LogP contribution in [0.4, 0.5) is 26.3 Å². The van der Waals surface area contributed by atoms with Gasteiger partial charge in [0.25, 0.3) is 0 Å². The highest BCUT2D eigenvalue weighted by molar-refractivity contribution is 8.13. The summed E-state index contributed by atoms with van der Waals surface area (Å²) in [6.07, 6.45) is 5.99. The van der Waals surface area contributed by atoms with E-state index < -0.39 is 31.1 Å². The molecule has 0 spiro atoms. The van der Waals surface area contributed by atoms with E-state index in [2.05, 4.69) is 42.6 Å². The van der Waals surface area contributed by atoms with E-state index in [0.29, 0.717) is 0 Å². The molecule has 0 unspecified atom stereocenters. The lowest BCUT2D eigenvalue weighted by Crippen LogP contribution is -2.31. The summed E-state index contributed by atoms with van der Waals surface area (Å²) in [7, 11) is -13.4. The normalized spacial score (nSPS) is 12.9. The van der Waals surface area contributed by atoms with E-state index in [4.69, 9.17) is 0 Å². The maximum Gasteiger partial charge on any atom is 0.480 e. The molecule has 1 aromatic heterocycles. The quantitative estimate of drug-likeness (QED) is 0.431. The minimum absolute atomic E-state index is 0.778. The summed E-state index contributed by atoms with van der Waals surface area (Å²) in [5.74, 6) is 0. The Morgan fingerprint density at radius 3 is 1.64 bits per heavy atom. The molecule has 0 fully saturated rings. The predicted octanol–water partition coefficient (Wildman–Crippen LogP) is 2.53. The Hall–Kier alpha value is -1.67. The van der Waals surface area contributed by atoms with Crippen LogP contribution < -0.4 is 4.57 Å². The maximum atomic E-state index is 11.4. The first-order chi connectivity index (χ1) is 11.0. The highest BCUT2D eigenvalue weighted by Crippen LogP contribution is 2.36. The van der Waals surface area contributed by atoms with Crippen molar-refractivity contribution in [1.29, 1.82) is 0 Å². The van der Waals surface area contributed by atoms with Gasteiger partial charge in [-0.15, -0.1) is 0 Å². The monoisotopic (exact) mass is 414 g/mol. The third-order valence-corrected chi connectivity index (χ3v) is 4.92. The van der Waals surface area contributed by atoms with Gasteiger partial charge in [-0.05, 0) is 18.6 Å². The molecule has 0 aliphatic carbocycles. The molecule has 0 aliphatic heterocycles. The summed E-state index contributed by atoms with van der Waals surface area (Å²) >= 11 is 0. The number of aromatic nitrogens is 1. The zero-order valence-electron chi connectivity index (χ0n) is 12.4. The summed E-state index contributed by atoms with van der Waals surface area (Å²) in [6, 6.07) is 4.17. The van der Waals surface area contributed by atoms with Gasteiger partial charge in [-0.2, -0.15) is 26.3 Å². The Bertz CT molecular complexity index is 741. The molecule has 0 saturated heterocycles. The van der Waals surface area contributed by atoms with Crippen molar-refractivity contribution >= 4 is 20.0 Å². The largest absolute Gasteiger partial charge is 0.480 e. The highest BCUT2D eigenvalue weighted by atomic mass is 32.3. The summed E-state index contributed by atoms with van der Waals surface area (Å²) in [6.45, 7) is 6.63. The van der Waals surface area contributed by atoms with Gasteiger partial charge in [-0.25, -0.2) is 21.4 Å². The number of aryl methyl sites for hydroxylation is 1. The van der Waals surface area contributed by atoms with Gasteiger partial charge in [0, 0.05) is 12.1 Å². The van der Waals surface area contributed by atoms with Crippen LogP contribution in [-0.2, 0) is 26.6 Å². The van der Waals surface area contributed by atoms with Crippen LogP contribution in [0.2, 0.25) is 0 Å². The number of pyridine rings is 1. The summed E-state index contributed by atoms with van der Waals surface area (Å²) in [5, 5.41) is 0. The van der Waals surface area contributed by atoms with Crippen LogP contribution in [0.15, 0.2) is 37.2 Å². The number of hydrogen-bond acceptors (Lipinski definition) is 4. The fourth-order valence-corrected chi connectivity index (χ4v) is 2.73. The van der Waals surface area contributed by atoms with Gasteiger partial charge in [0.05, 0.1) is 0 Å². The van der Waals surface area contributed by atoms with Crippen molar-refractivity contribution in [2.45, 2.75) is 24.5 Å². The molecule has 0 atom stereocenters.